The van der Waals surface area contributed by atoms with Crippen LogP contribution in [-0.2, 0) is 9.47 Å². The monoisotopic (exact) mass is 272 g/mol. The van der Waals surface area contributed by atoms with E-state index in [1.165, 1.54) is 9.79 Å². The average Bonchev–Trinajstić information content (AvgIpc) is 2.50. The zero-order valence-electron chi connectivity index (χ0n) is 10.6. The number of ether oxygens (including phenoxy) is 2. The molecule has 2 nitrogen and oxygen atoms in total. The number of hydrogen-bond donors (Lipinski definition) is 0. The first-order valence-corrected chi connectivity index (χ1v) is 7.29. The van der Waals surface area contributed by atoms with E-state index in [1.54, 1.807) is 11.8 Å². The normalized spacial score (nSPS) is 16.4. The van der Waals surface area contributed by atoms with E-state index in [2.05, 4.69) is 48.5 Å². The molecule has 1 aliphatic heterocycles. The molecule has 0 N–H and O–H groups in total. The fourth-order valence-electron chi connectivity index (χ4n) is 2.00. The first-order valence-electron chi connectivity index (χ1n) is 6.48. The molecule has 0 spiro atoms. The van der Waals surface area contributed by atoms with Gasteiger partial charge in [-0.25, -0.2) is 0 Å². The molecule has 98 valence electrons. The molecule has 0 amide bonds. The van der Waals surface area contributed by atoms with E-state index in [1.807, 2.05) is 6.07 Å². The van der Waals surface area contributed by atoms with Gasteiger partial charge in [-0.05, 0) is 30.7 Å². The average molecular weight is 272 g/mol. The van der Waals surface area contributed by atoms with E-state index in [-0.39, 0.29) is 6.29 Å². The lowest BCUT2D eigenvalue weighted by Gasteiger charge is -2.23. The van der Waals surface area contributed by atoms with Crippen molar-refractivity contribution in [1.29, 1.82) is 0 Å². The van der Waals surface area contributed by atoms with Crippen molar-refractivity contribution in [3.63, 3.8) is 0 Å². The van der Waals surface area contributed by atoms with E-state index >= 15 is 0 Å². The summed E-state index contributed by atoms with van der Waals surface area (Å²) < 4.78 is 11.2. The first kappa shape index (κ1) is 12.7. The number of hydrogen-bond acceptors (Lipinski definition) is 3. The Kier molecular flexibility index (Phi) is 4.18. The Morgan fingerprint density at radius 1 is 0.789 bits per heavy atom. The van der Waals surface area contributed by atoms with Crippen LogP contribution in [0.1, 0.15) is 18.3 Å². The molecule has 0 saturated carbocycles. The Bertz CT molecular complexity index is 504. The van der Waals surface area contributed by atoms with Crippen molar-refractivity contribution < 1.29 is 9.47 Å². The van der Waals surface area contributed by atoms with Crippen LogP contribution in [-0.4, -0.2) is 13.2 Å². The lowest BCUT2D eigenvalue weighted by Crippen LogP contribution is -2.17. The summed E-state index contributed by atoms with van der Waals surface area (Å²) in [5.41, 5.74) is 1.09. The topological polar surface area (TPSA) is 18.5 Å². The van der Waals surface area contributed by atoms with E-state index in [9.17, 15) is 0 Å². The molecule has 3 rings (SSSR count). The maximum Gasteiger partial charge on any atom is 0.183 e. The highest BCUT2D eigenvalue weighted by atomic mass is 32.2. The van der Waals surface area contributed by atoms with Crippen LogP contribution < -0.4 is 0 Å². The van der Waals surface area contributed by atoms with E-state index in [0.717, 1.165) is 25.2 Å². The third-order valence-corrected chi connectivity index (χ3v) is 3.97. The molecule has 19 heavy (non-hydrogen) atoms. The second kappa shape index (κ2) is 6.24. The second-order valence-electron chi connectivity index (χ2n) is 4.41. The van der Waals surface area contributed by atoms with Gasteiger partial charge < -0.3 is 9.47 Å². The highest BCUT2D eigenvalue weighted by Gasteiger charge is 2.16. The summed E-state index contributed by atoms with van der Waals surface area (Å²) in [5, 5.41) is 0. The molecule has 0 radical (unpaired) electrons. The molecule has 1 saturated heterocycles. The van der Waals surface area contributed by atoms with Gasteiger partial charge in [0.2, 0.25) is 0 Å². The number of benzene rings is 2. The molecule has 0 bridgehead atoms. The highest BCUT2D eigenvalue weighted by Crippen LogP contribution is 2.29. The summed E-state index contributed by atoms with van der Waals surface area (Å²) in [6.07, 6.45) is 0.794. The van der Waals surface area contributed by atoms with Gasteiger partial charge in [0.15, 0.2) is 6.29 Å². The lowest BCUT2D eigenvalue weighted by atomic mass is 10.2. The summed E-state index contributed by atoms with van der Waals surface area (Å²) in [6.45, 7) is 1.57. The van der Waals surface area contributed by atoms with Gasteiger partial charge in [-0.3, -0.25) is 0 Å². The van der Waals surface area contributed by atoms with Crippen LogP contribution in [0.2, 0.25) is 0 Å². The fraction of sp³-hybridized carbons (Fsp3) is 0.250. The minimum Gasteiger partial charge on any atom is -0.348 e. The molecule has 2 aromatic carbocycles. The number of rotatable bonds is 3. The van der Waals surface area contributed by atoms with Gasteiger partial charge in [0, 0.05) is 15.4 Å². The van der Waals surface area contributed by atoms with Crippen molar-refractivity contribution in [2.45, 2.75) is 22.5 Å². The predicted octanol–water partition coefficient (Wildman–Crippen LogP) is 4.27. The molecular weight excluding hydrogens is 256 g/mol. The molecule has 1 heterocycles. The Morgan fingerprint density at radius 3 is 2.11 bits per heavy atom. The molecule has 2 aromatic rings. The molecule has 1 fully saturated rings. The van der Waals surface area contributed by atoms with Crippen LogP contribution in [0.5, 0.6) is 0 Å². The van der Waals surface area contributed by atoms with Crippen molar-refractivity contribution in [2.75, 3.05) is 13.2 Å². The molecule has 0 aliphatic carbocycles. The SMILES string of the molecule is c1ccc(Sc2ccc(C3OCCCO3)cc2)cc1. The summed E-state index contributed by atoms with van der Waals surface area (Å²) in [5.74, 6) is 0. The highest BCUT2D eigenvalue weighted by molar-refractivity contribution is 7.99. The van der Waals surface area contributed by atoms with Crippen LogP contribution in [0, 0.1) is 0 Å². The molecular formula is C16H16O2S. The largest absolute Gasteiger partial charge is 0.348 e. The van der Waals surface area contributed by atoms with Crippen molar-refractivity contribution in [1.82, 2.24) is 0 Å². The Morgan fingerprint density at radius 2 is 1.42 bits per heavy atom. The van der Waals surface area contributed by atoms with Crippen molar-refractivity contribution in [3.8, 4) is 0 Å². The van der Waals surface area contributed by atoms with Crippen molar-refractivity contribution in [2.24, 2.45) is 0 Å². The van der Waals surface area contributed by atoms with Crippen LogP contribution in [0.3, 0.4) is 0 Å². The Balaban J connectivity index is 1.68. The molecule has 0 unspecified atom stereocenters. The smallest absolute Gasteiger partial charge is 0.183 e. The summed E-state index contributed by atoms with van der Waals surface area (Å²) in [4.78, 5) is 2.48. The maximum absolute atomic E-state index is 5.59. The van der Waals surface area contributed by atoms with Gasteiger partial charge in [0.25, 0.3) is 0 Å². The van der Waals surface area contributed by atoms with E-state index in [4.69, 9.17) is 9.47 Å². The van der Waals surface area contributed by atoms with Crippen molar-refractivity contribution >= 4 is 11.8 Å². The van der Waals surface area contributed by atoms with Crippen molar-refractivity contribution in [3.05, 3.63) is 60.2 Å². The summed E-state index contributed by atoms with van der Waals surface area (Å²) in [6, 6.07) is 18.8. The van der Waals surface area contributed by atoms with Crippen LogP contribution in [0.4, 0.5) is 0 Å². The van der Waals surface area contributed by atoms with Gasteiger partial charge in [0.05, 0.1) is 13.2 Å². The summed E-state index contributed by atoms with van der Waals surface area (Å²) in [7, 11) is 0. The van der Waals surface area contributed by atoms with E-state index < -0.39 is 0 Å². The zero-order chi connectivity index (χ0) is 12.9. The molecule has 0 atom stereocenters. The van der Waals surface area contributed by atoms with Gasteiger partial charge in [-0.1, -0.05) is 42.1 Å². The lowest BCUT2D eigenvalue weighted by molar-refractivity contribution is -0.183. The van der Waals surface area contributed by atoms with Gasteiger partial charge in [-0.2, -0.15) is 0 Å². The molecule has 1 aliphatic rings. The zero-order valence-corrected chi connectivity index (χ0v) is 11.4. The summed E-state index contributed by atoms with van der Waals surface area (Å²) >= 11 is 1.76. The predicted molar refractivity (Wildman–Crippen MR) is 76.3 cm³/mol. The maximum atomic E-state index is 5.59. The van der Waals surface area contributed by atoms with Gasteiger partial charge in [-0.15, -0.1) is 0 Å². The molecule has 3 heteroatoms. The molecule has 0 aromatic heterocycles. The quantitative estimate of drug-likeness (QED) is 0.831. The van der Waals surface area contributed by atoms with Crippen LogP contribution in [0.15, 0.2) is 64.4 Å². The van der Waals surface area contributed by atoms with E-state index in [0.29, 0.717) is 0 Å². The van der Waals surface area contributed by atoms with Gasteiger partial charge >= 0.3 is 0 Å². The standard InChI is InChI=1S/C16H16O2S/c1-2-5-14(6-3-1)19-15-9-7-13(8-10-15)16-17-11-4-12-18-16/h1-3,5-10,16H,4,11-12H2. The minimum absolute atomic E-state index is 0.190. The van der Waals surface area contributed by atoms with Crippen LogP contribution in [0.25, 0.3) is 0 Å². The third kappa shape index (κ3) is 3.38. The minimum atomic E-state index is -0.190. The fourth-order valence-corrected chi connectivity index (χ4v) is 2.84. The Hall–Kier alpha value is -1.29. The van der Waals surface area contributed by atoms with Gasteiger partial charge in [0.1, 0.15) is 0 Å². The third-order valence-electron chi connectivity index (χ3n) is 2.96. The van der Waals surface area contributed by atoms with Crippen LogP contribution >= 0.6 is 11.8 Å². The first-order chi connectivity index (χ1) is 9.42. The second-order valence-corrected chi connectivity index (χ2v) is 5.56. The Labute approximate surface area is 117 Å².